The van der Waals surface area contributed by atoms with Gasteiger partial charge in [-0.15, -0.1) is 0 Å². The van der Waals surface area contributed by atoms with E-state index in [2.05, 4.69) is 13.8 Å². The van der Waals surface area contributed by atoms with Gasteiger partial charge >= 0.3 is 0 Å². The van der Waals surface area contributed by atoms with Gasteiger partial charge in [0, 0.05) is 0 Å². The van der Waals surface area contributed by atoms with E-state index in [-0.39, 0.29) is 10.0 Å². The van der Waals surface area contributed by atoms with Gasteiger partial charge in [0.15, 0.2) is 0 Å². The molecule has 2 fully saturated rings. The molecule has 90 valence electrons. The third-order valence-electron chi connectivity index (χ3n) is 4.89. The SMILES string of the molecule is CC1CCS2(CCCCCC2)CCC1C. The van der Waals surface area contributed by atoms with Crippen LogP contribution >= 0.6 is 10.0 Å². The largest absolute Gasteiger partial charge is 0.241 e. The molecular formula is C14H28S. The summed E-state index contributed by atoms with van der Waals surface area (Å²) >= 11 is 0. The van der Waals surface area contributed by atoms with Crippen molar-refractivity contribution in [1.29, 1.82) is 0 Å². The molecule has 2 rings (SSSR count). The lowest BCUT2D eigenvalue weighted by atomic mass is 9.92. The zero-order valence-corrected chi connectivity index (χ0v) is 11.5. The summed E-state index contributed by atoms with van der Waals surface area (Å²) in [6.07, 6.45) is 9.24. The third-order valence-corrected chi connectivity index (χ3v) is 9.40. The zero-order chi connectivity index (χ0) is 10.7. The van der Waals surface area contributed by atoms with Crippen LogP contribution in [0.15, 0.2) is 0 Å². The third kappa shape index (κ3) is 2.93. The fourth-order valence-corrected chi connectivity index (χ4v) is 7.82. The summed E-state index contributed by atoms with van der Waals surface area (Å²) in [5, 5.41) is 0. The molecule has 0 radical (unpaired) electrons. The van der Waals surface area contributed by atoms with Crippen LogP contribution in [-0.4, -0.2) is 23.0 Å². The number of hydrogen-bond acceptors (Lipinski definition) is 0. The second-order valence-corrected chi connectivity index (χ2v) is 10.1. The summed E-state index contributed by atoms with van der Waals surface area (Å²) in [5.74, 6) is 8.51. The number of rotatable bonds is 0. The molecule has 0 aromatic rings. The van der Waals surface area contributed by atoms with Gasteiger partial charge < -0.3 is 0 Å². The molecule has 15 heavy (non-hydrogen) atoms. The van der Waals surface area contributed by atoms with Crippen molar-refractivity contribution >= 4 is 10.0 Å². The van der Waals surface area contributed by atoms with Crippen molar-refractivity contribution in [3.8, 4) is 0 Å². The molecular weight excluding hydrogens is 200 g/mol. The average Bonchev–Trinajstić information content (AvgIpc) is 2.55. The van der Waals surface area contributed by atoms with Gasteiger partial charge in [-0.2, -0.15) is 0 Å². The minimum atomic E-state index is -0.138. The molecule has 0 saturated carbocycles. The fourth-order valence-electron chi connectivity index (χ4n) is 3.22. The summed E-state index contributed by atoms with van der Waals surface area (Å²) in [5.41, 5.74) is 0. The van der Waals surface area contributed by atoms with Crippen molar-refractivity contribution in [3.63, 3.8) is 0 Å². The summed E-state index contributed by atoms with van der Waals surface area (Å²) in [6, 6.07) is 0. The minimum absolute atomic E-state index is 0.138. The van der Waals surface area contributed by atoms with Gasteiger partial charge in [-0.1, -0.05) is 26.7 Å². The Morgan fingerprint density at radius 3 is 1.60 bits per heavy atom. The Labute approximate surface area is 97.5 Å². The van der Waals surface area contributed by atoms with Crippen LogP contribution in [0.3, 0.4) is 0 Å². The normalized spacial score (nSPS) is 39.3. The quantitative estimate of drug-likeness (QED) is 0.575. The average molecular weight is 228 g/mol. The van der Waals surface area contributed by atoms with Gasteiger partial charge in [0.05, 0.1) is 0 Å². The van der Waals surface area contributed by atoms with E-state index in [0.717, 1.165) is 11.8 Å². The minimum Gasteiger partial charge on any atom is -0.241 e. The first-order valence-electron chi connectivity index (χ1n) is 6.96. The molecule has 0 amide bonds. The molecule has 2 heterocycles. The van der Waals surface area contributed by atoms with E-state index in [0.29, 0.717) is 0 Å². The first-order valence-corrected chi connectivity index (χ1v) is 9.27. The Hall–Kier alpha value is 0.350. The summed E-state index contributed by atoms with van der Waals surface area (Å²) in [7, 11) is -0.138. The van der Waals surface area contributed by atoms with Crippen LogP contribution in [0.5, 0.6) is 0 Å². The van der Waals surface area contributed by atoms with Crippen molar-refractivity contribution in [1.82, 2.24) is 0 Å². The van der Waals surface area contributed by atoms with Crippen LogP contribution in [0, 0.1) is 11.8 Å². The topological polar surface area (TPSA) is 0 Å². The molecule has 1 spiro atoms. The maximum atomic E-state index is 2.49. The second kappa shape index (κ2) is 5.12. The molecule has 0 N–H and O–H groups in total. The van der Waals surface area contributed by atoms with Crippen LogP contribution in [-0.2, 0) is 0 Å². The van der Waals surface area contributed by atoms with Crippen molar-refractivity contribution in [2.24, 2.45) is 11.8 Å². The lowest BCUT2D eigenvalue weighted by Gasteiger charge is -2.38. The number of hydrogen-bond donors (Lipinski definition) is 0. The second-order valence-electron chi connectivity index (χ2n) is 5.99. The van der Waals surface area contributed by atoms with E-state index in [1.807, 2.05) is 0 Å². The molecule has 2 aliphatic heterocycles. The van der Waals surface area contributed by atoms with Crippen molar-refractivity contribution in [3.05, 3.63) is 0 Å². The lowest BCUT2D eigenvalue weighted by Crippen LogP contribution is -2.15. The molecule has 0 bridgehead atoms. The molecule has 2 aliphatic rings. The van der Waals surface area contributed by atoms with Gasteiger partial charge in [-0.25, -0.2) is 10.0 Å². The highest BCUT2D eigenvalue weighted by Gasteiger charge is 2.30. The molecule has 2 saturated heterocycles. The lowest BCUT2D eigenvalue weighted by molar-refractivity contribution is 0.378. The van der Waals surface area contributed by atoms with E-state index in [9.17, 15) is 0 Å². The Morgan fingerprint density at radius 1 is 0.667 bits per heavy atom. The van der Waals surface area contributed by atoms with Gasteiger partial charge in [-0.3, -0.25) is 0 Å². The van der Waals surface area contributed by atoms with Gasteiger partial charge in [0.2, 0.25) is 0 Å². The van der Waals surface area contributed by atoms with Crippen molar-refractivity contribution in [2.45, 2.75) is 52.4 Å². The van der Waals surface area contributed by atoms with E-state index in [1.165, 1.54) is 25.7 Å². The zero-order valence-electron chi connectivity index (χ0n) is 10.6. The molecule has 0 nitrogen and oxygen atoms in total. The van der Waals surface area contributed by atoms with Gasteiger partial charge in [-0.05, 0) is 60.5 Å². The van der Waals surface area contributed by atoms with Crippen molar-refractivity contribution < 1.29 is 0 Å². The molecule has 0 aromatic heterocycles. The summed E-state index contributed by atoms with van der Waals surface area (Å²) in [4.78, 5) is 0. The standard InChI is InChI=1S/C14H28S/c1-13-7-11-15(12-8-14(13)2)9-5-3-4-6-10-15/h13-14H,3-12H2,1-2H3. The Bertz CT molecular complexity index is 178. The monoisotopic (exact) mass is 228 g/mol. The summed E-state index contributed by atoms with van der Waals surface area (Å²) < 4.78 is 0. The molecule has 0 aliphatic carbocycles. The molecule has 1 heteroatoms. The first kappa shape index (κ1) is 11.8. The van der Waals surface area contributed by atoms with E-state index >= 15 is 0 Å². The van der Waals surface area contributed by atoms with Crippen LogP contribution in [0.25, 0.3) is 0 Å². The molecule has 2 atom stereocenters. The Kier molecular flexibility index (Phi) is 4.04. The smallest absolute Gasteiger partial charge is 0.0225 e. The molecule has 2 unspecified atom stereocenters. The fraction of sp³-hybridized carbons (Fsp3) is 1.00. The maximum Gasteiger partial charge on any atom is -0.0225 e. The van der Waals surface area contributed by atoms with Crippen molar-refractivity contribution in [2.75, 3.05) is 23.0 Å². The van der Waals surface area contributed by atoms with E-state index in [1.54, 1.807) is 35.9 Å². The Balaban J connectivity index is 2.00. The molecule has 0 aromatic carbocycles. The Morgan fingerprint density at radius 2 is 1.13 bits per heavy atom. The maximum absolute atomic E-state index is 2.49. The van der Waals surface area contributed by atoms with Gasteiger partial charge in [0.25, 0.3) is 0 Å². The van der Waals surface area contributed by atoms with E-state index in [4.69, 9.17) is 0 Å². The van der Waals surface area contributed by atoms with E-state index < -0.39 is 0 Å². The van der Waals surface area contributed by atoms with Crippen LogP contribution < -0.4 is 0 Å². The van der Waals surface area contributed by atoms with Crippen LogP contribution in [0.1, 0.15) is 52.4 Å². The van der Waals surface area contributed by atoms with Gasteiger partial charge in [0.1, 0.15) is 0 Å². The first-order chi connectivity index (χ1) is 7.22. The van der Waals surface area contributed by atoms with Crippen LogP contribution in [0.4, 0.5) is 0 Å². The predicted octanol–water partition coefficient (Wildman–Crippen LogP) is 4.43. The highest BCUT2D eigenvalue weighted by atomic mass is 32.3. The summed E-state index contributed by atoms with van der Waals surface area (Å²) in [6.45, 7) is 4.97. The highest BCUT2D eigenvalue weighted by molar-refractivity contribution is 8.33. The van der Waals surface area contributed by atoms with Crippen LogP contribution in [0.2, 0.25) is 0 Å². The predicted molar refractivity (Wildman–Crippen MR) is 73.1 cm³/mol. The highest BCUT2D eigenvalue weighted by Crippen LogP contribution is 2.55.